The molecule has 0 unspecified atom stereocenters. The molecular formula is C27H31Cl3N4O3S. The maximum absolute atomic E-state index is 13.2. The number of sulfonamides is 1. The fourth-order valence-electron chi connectivity index (χ4n) is 4.07. The Morgan fingerprint density at radius 2 is 1.89 bits per heavy atom. The minimum Gasteiger partial charge on any atom is -0.337 e. The third-order valence-electron chi connectivity index (χ3n) is 6.22. The summed E-state index contributed by atoms with van der Waals surface area (Å²) in [5, 5.41) is 1.06. The first-order valence-electron chi connectivity index (χ1n) is 12.1. The largest absolute Gasteiger partial charge is 0.337 e. The van der Waals surface area contributed by atoms with Crippen LogP contribution < -0.4 is 4.72 Å². The summed E-state index contributed by atoms with van der Waals surface area (Å²) in [7, 11) is -2.02. The van der Waals surface area contributed by atoms with Crippen molar-refractivity contribution < 1.29 is 13.2 Å². The number of hydrogen-bond acceptors (Lipinski definition) is 5. The zero-order chi connectivity index (χ0) is 27.9. The molecule has 1 aromatic heterocycles. The second-order valence-electron chi connectivity index (χ2n) is 9.16. The minimum atomic E-state index is -3.79. The number of hydrogen-bond donors (Lipinski definition) is 1. The summed E-state index contributed by atoms with van der Waals surface area (Å²) in [6.45, 7) is 8.48. The number of likely N-dealkylation sites (tertiary alicyclic amines) is 1. The highest BCUT2D eigenvalue weighted by molar-refractivity contribution is 7.89. The summed E-state index contributed by atoms with van der Waals surface area (Å²) >= 11 is 17.9. The van der Waals surface area contributed by atoms with Crippen LogP contribution in [-0.4, -0.2) is 61.8 Å². The molecule has 3 rings (SSSR count). The molecule has 1 fully saturated rings. The summed E-state index contributed by atoms with van der Waals surface area (Å²) < 4.78 is 27.6. The van der Waals surface area contributed by atoms with Crippen LogP contribution in [0.4, 0.5) is 0 Å². The van der Waals surface area contributed by atoms with E-state index in [-0.39, 0.29) is 28.4 Å². The van der Waals surface area contributed by atoms with E-state index in [4.69, 9.17) is 34.8 Å². The SMILES string of the molecule is C=C(/C=C\C=C(/C)NS(=O)(=O)c1ccc(Cl)nc1)[C@@H](CN1CCCC1)N(C)C(=O)Cc1ccc(Cl)c(Cl)c1. The van der Waals surface area contributed by atoms with E-state index in [1.54, 1.807) is 55.3 Å². The number of aromatic nitrogens is 1. The highest BCUT2D eigenvalue weighted by Crippen LogP contribution is 2.24. The molecule has 11 heteroatoms. The number of carbonyl (C=O) groups is 1. The van der Waals surface area contributed by atoms with Gasteiger partial charge >= 0.3 is 0 Å². The first-order valence-corrected chi connectivity index (χ1v) is 14.7. The monoisotopic (exact) mass is 596 g/mol. The van der Waals surface area contributed by atoms with Crippen molar-refractivity contribution in [1.82, 2.24) is 19.5 Å². The van der Waals surface area contributed by atoms with Gasteiger partial charge in [0.05, 0.1) is 22.5 Å². The molecular weight excluding hydrogens is 567 g/mol. The number of allylic oxidation sites excluding steroid dienone is 3. The van der Waals surface area contributed by atoms with Crippen molar-refractivity contribution in [3.8, 4) is 0 Å². The molecule has 1 aliphatic rings. The number of rotatable bonds is 11. The quantitative estimate of drug-likeness (QED) is 0.273. The highest BCUT2D eigenvalue weighted by Gasteiger charge is 2.25. The molecule has 1 aliphatic heterocycles. The Labute approximate surface area is 239 Å². The van der Waals surface area contributed by atoms with Crippen LogP contribution in [0.2, 0.25) is 15.2 Å². The van der Waals surface area contributed by atoms with Gasteiger partial charge in [0.1, 0.15) is 10.0 Å². The van der Waals surface area contributed by atoms with Crippen molar-refractivity contribution in [2.24, 2.45) is 0 Å². The van der Waals surface area contributed by atoms with Gasteiger partial charge in [-0.1, -0.05) is 59.6 Å². The van der Waals surface area contributed by atoms with E-state index in [1.807, 2.05) is 0 Å². The number of pyridine rings is 1. The standard InChI is InChI=1S/C27H31Cl3N4O3S/c1-19(7-6-8-20(2)32-38(36,37)22-10-12-26(30)31-17-22)25(18-34-13-4-5-14-34)33(3)27(35)16-21-9-11-23(28)24(29)15-21/h6-12,15,17,25,32H,1,4-5,13-14,16,18H2,2-3H3/b7-6-,20-8+/t25-/m1/s1. The van der Waals surface area contributed by atoms with E-state index in [1.165, 1.54) is 18.3 Å². The molecule has 1 amide bonds. The maximum Gasteiger partial charge on any atom is 0.263 e. The summed E-state index contributed by atoms with van der Waals surface area (Å²) in [5.74, 6) is -0.0711. The molecule has 0 radical (unpaired) electrons. The molecule has 38 heavy (non-hydrogen) atoms. The van der Waals surface area contributed by atoms with Crippen LogP contribution in [0, 0.1) is 0 Å². The summed E-state index contributed by atoms with van der Waals surface area (Å²) in [5.41, 5.74) is 1.92. The molecule has 1 N–H and O–H groups in total. The minimum absolute atomic E-state index is 0.0100. The first kappa shape index (κ1) is 30.2. The molecule has 0 aliphatic carbocycles. The smallest absolute Gasteiger partial charge is 0.263 e. The molecule has 2 aromatic rings. The van der Waals surface area contributed by atoms with E-state index in [0.717, 1.165) is 37.1 Å². The molecule has 2 heterocycles. The predicted molar refractivity (Wildman–Crippen MR) is 154 cm³/mol. The van der Waals surface area contributed by atoms with Gasteiger partial charge in [0.2, 0.25) is 5.91 Å². The third-order valence-corrected chi connectivity index (χ3v) is 8.64. The molecule has 204 valence electrons. The van der Waals surface area contributed by atoms with Crippen molar-refractivity contribution in [2.45, 2.75) is 37.1 Å². The lowest BCUT2D eigenvalue weighted by Gasteiger charge is -2.32. The third kappa shape index (κ3) is 8.58. The number of amides is 1. The van der Waals surface area contributed by atoms with Gasteiger partial charge in [-0.3, -0.25) is 9.52 Å². The average Bonchev–Trinajstić information content (AvgIpc) is 3.37. The Kier molecular flexibility index (Phi) is 10.8. The topological polar surface area (TPSA) is 82.6 Å². The average molecular weight is 598 g/mol. The Morgan fingerprint density at radius 3 is 2.53 bits per heavy atom. The first-order chi connectivity index (χ1) is 18.0. The number of likely N-dealkylation sites (N-methyl/N-ethyl adjacent to an activating group) is 1. The molecule has 0 saturated carbocycles. The lowest BCUT2D eigenvalue weighted by Crippen LogP contribution is -2.45. The van der Waals surface area contributed by atoms with Crippen LogP contribution in [0.5, 0.6) is 0 Å². The lowest BCUT2D eigenvalue weighted by molar-refractivity contribution is -0.130. The summed E-state index contributed by atoms with van der Waals surface area (Å²) in [4.78, 5) is 21.0. The number of nitrogens with zero attached hydrogens (tertiary/aromatic N) is 3. The zero-order valence-electron chi connectivity index (χ0n) is 21.3. The fourth-order valence-corrected chi connectivity index (χ4v) is 5.56. The van der Waals surface area contributed by atoms with Crippen LogP contribution in [0.15, 0.2) is 77.5 Å². The van der Waals surface area contributed by atoms with E-state index in [2.05, 4.69) is 21.2 Å². The molecule has 1 atom stereocenters. The van der Waals surface area contributed by atoms with Crippen LogP contribution in [0.25, 0.3) is 0 Å². The summed E-state index contributed by atoms with van der Waals surface area (Å²) in [6, 6.07) is 7.72. The molecule has 1 aromatic carbocycles. The van der Waals surface area contributed by atoms with Crippen molar-refractivity contribution in [1.29, 1.82) is 0 Å². The normalized spacial score (nSPS) is 15.6. The van der Waals surface area contributed by atoms with Gasteiger partial charge < -0.3 is 9.80 Å². The molecule has 0 bridgehead atoms. The number of carbonyl (C=O) groups excluding carboxylic acids is 1. The Bertz CT molecular complexity index is 1320. The van der Waals surface area contributed by atoms with Crippen molar-refractivity contribution in [2.75, 3.05) is 26.7 Å². The van der Waals surface area contributed by atoms with Gasteiger partial charge in [-0.2, -0.15) is 0 Å². The second-order valence-corrected chi connectivity index (χ2v) is 12.0. The molecule has 7 nitrogen and oxygen atoms in total. The van der Waals surface area contributed by atoms with E-state index in [0.29, 0.717) is 22.3 Å². The van der Waals surface area contributed by atoms with Crippen molar-refractivity contribution in [3.63, 3.8) is 0 Å². The van der Waals surface area contributed by atoms with Gasteiger partial charge in [-0.05, 0) is 74.3 Å². The number of benzene rings is 1. The van der Waals surface area contributed by atoms with Gasteiger partial charge in [0.25, 0.3) is 10.0 Å². The van der Waals surface area contributed by atoms with Crippen molar-refractivity contribution >= 4 is 50.7 Å². The van der Waals surface area contributed by atoms with Gasteiger partial charge in [-0.25, -0.2) is 13.4 Å². The van der Waals surface area contributed by atoms with E-state index < -0.39 is 10.0 Å². The van der Waals surface area contributed by atoms with Gasteiger partial charge in [0, 0.05) is 25.5 Å². The number of halogens is 3. The summed E-state index contributed by atoms with van der Waals surface area (Å²) in [6.07, 6.45) is 8.78. The zero-order valence-corrected chi connectivity index (χ0v) is 24.4. The van der Waals surface area contributed by atoms with Crippen LogP contribution in [-0.2, 0) is 21.2 Å². The van der Waals surface area contributed by atoms with Gasteiger partial charge in [0.15, 0.2) is 0 Å². The van der Waals surface area contributed by atoms with E-state index in [9.17, 15) is 13.2 Å². The molecule has 0 spiro atoms. The number of nitrogens with one attached hydrogen (secondary N) is 1. The fraction of sp³-hybridized carbons (Fsp3) is 0.333. The Balaban J connectivity index is 1.70. The second kappa shape index (κ2) is 13.6. The highest BCUT2D eigenvalue weighted by atomic mass is 35.5. The van der Waals surface area contributed by atoms with E-state index >= 15 is 0 Å². The lowest BCUT2D eigenvalue weighted by atomic mass is 10.0. The van der Waals surface area contributed by atoms with Gasteiger partial charge in [-0.15, -0.1) is 0 Å². The van der Waals surface area contributed by atoms with Crippen LogP contribution in [0.1, 0.15) is 25.3 Å². The Morgan fingerprint density at radius 1 is 1.18 bits per heavy atom. The maximum atomic E-state index is 13.2. The Hall–Kier alpha value is -2.36. The van der Waals surface area contributed by atoms with Crippen LogP contribution in [0.3, 0.4) is 0 Å². The predicted octanol–water partition coefficient (Wildman–Crippen LogP) is 5.50. The van der Waals surface area contributed by atoms with Crippen LogP contribution >= 0.6 is 34.8 Å². The van der Waals surface area contributed by atoms with Crippen molar-refractivity contribution in [3.05, 3.63) is 93.4 Å². The molecule has 1 saturated heterocycles.